The van der Waals surface area contributed by atoms with Crippen molar-refractivity contribution in [3.05, 3.63) is 82.2 Å². The first kappa shape index (κ1) is 27.3. The van der Waals surface area contributed by atoms with E-state index in [4.69, 9.17) is 10.1 Å². The number of anilines is 1. The van der Waals surface area contributed by atoms with Crippen LogP contribution in [0.1, 0.15) is 40.8 Å². The number of fused-ring (bicyclic) bond motifs is 3. The molecule has 1 aliphatic carbocycles. The van der Waals surface area contributed by atoms with Crippen molar-refractivity contribution in [2.24, 2.45) is 7.05 Å². The number of nitrogens with zero attached hydrogens (tertiary/aromatic N) is 7. The second-order valence-corrected chi connectivity index (χ2v) is 11.8. The molecule has 1 aromatic carbocycles. The Labute approximate surface area is 249 Å². The molecule has 0 saturated heterocycles. The van der Waals surface area contributed by atoms with Crippen molar-refractivity contribution in [2.45, 2.75) is 39.0 Å². The lowest BCUT2D eigenvalue weighted by atomic mass is 9.95. The average molecular weight is 634 g/mol. The average Bonchev–Trinajstić information content (AvgIpc) is 3.69. The predicted molar refractivity (Wildman–Crippen MR) is 162 cm³/mol. The maximum absolute atomic E-state index is 13.3. The van der Waals surface area contributed by atoms with Crippen LogP contribution in [0.5, 0.6) is 0 Å². The van der Waals surface area contributed by atoms with Crippen molar-refractivity contribution < 1.29 is 9.90 Å². The number of benzene rings is 1. The van der Waals surface area contributed by atoms with E-state index >= 15 is 0 Å². The number of hydrogen-bond acceptors (Lipinski definition) is 8. The second-order valence-electron chi connectivity index (χ2n) is 9.97. The van der Waals surface area contributed by atoms with Crippen molar-refractivity contribution in [2.75, 3.05) is 12.4 Å². The Hall–Kier alpha value is -3.87. The highest BCUT2D eigenvalue weighted by Crippen LogP contribution is 2.44. The summed E-state index contributed by atoms with van der Waals surface area (Å²) in [5.74, 6) is 0.706. The standard InChI is InChI=1S/C29H29BrN8O2S/c1-4-24(39)34-29-33-21-9-8-19-25(18-6-5-11-31-15-18)35-38(26(19)27(21)41-29)22-10-7-17(14-20(22)30)28(40)37(3)16-23-32-12-13-36(23)2/h5-7,10-15,24,39H,4,8-9,16H2,1-3H3,(H,33,34). The quantitative estimate of drug-likeness (QED) is 0.230. The molecule has 4 heterocycles. The van der Waals surface area contributed by atoms with E-state index in [9.17, 15) is 9.90 Å². The summed E-state index contributed by atoms with van der Waals surface area (Å²) in [5.41, 5.74) is 6.25. The summed E-state index contributed by atoms with van der Waals surface area (Å²) in [7, 11) is 3.69. The van der Waals surface area contributed by atoms with Gasteiger partial charge in [0.25, 0.3) is 5.91 Å². The van der Waals surface area contributed by atoms with Gasteiger partial charge < -0.3 is 19.9 Å². The van der Waals surface area contributed by atoms with E-state index in [0.717, 1.165) is 61.9 Å². The third-order valence-electron chi connectivity index (χ3n) is 7.19. The van der Waals surface area contributed by atoms with Crippen LogP contribution in [0.25, 0.3) is 27.5 Å². The summed E-state index contributed by atoms with van der Waals surface area (Å²) >= 11 is 5.25. The first-order chi connectivity index (χ1) is 19.8. The number of halogens is 1. The monoisotopic (exact) mass is 632 g/mol. The van der Waals surface area contributed by atoms with Crippen molar-refractivity contribution >= 4 is 38.3 Å². The lowest BCUT2D eigenvalue weighted by molar-refractivity contribution is 0.0780. The molecule has 0 bridgehead atoms. The summed E-state index contributed by atoms with van der Waals surface area (Å²) in [6.07, 6.45) is 8.64. The Morgan fingerprint density at radius 2 is 2.12 bits per heavy atom. The number of imidazole rings is 1. The molecular weight excluding hydrogens is 604 g/mol. The Morgan fingerprint density at radius 1 is 1.27 bits per heavy atom. The Kier molecular flexibility index (Phi) is 7.45. The van der Waals surface area contributed by atoms with Gasteiger partial charge in [-0.15, -0.1) is 0 Å². The van der Waals surface area contributed by atoms with E-state index in [0.29, 0.717) is 23.7 Å². The summed E-state index contributed by atoms with van der Waals surface area (Å²) in [6, 6.07) is 9.51. The van der Waals surface area contributed by atoms with Gasteiger partial charge in [-0.1, -0.05) is 18.3 Å². The Bertz CT molecular complexity index is 1730. The molecule has 1 unspecified atom stereocenters. The molecule has 41 heavy (non-hydrogen) atoms. The molecule has 1 atom stereocenters. The third kappa shape index (κ3) is 5.18. The van der Waals surface area contributed by atoms with Crippen LogP contribution in [0.3, 0.4) is 0 Å². The number of carbonyl (C=O) groups excluding carboxylic acids is 1. The van der Waals surface area contributed by atoms with Crippen LogP contribution in [-0.4, -0.2) is 58.5 Å². The molecule has 0 fully saturated rings. The molecule has 210 valence electrons. The number of aliphatic hydroxyl groups excluding tert-OH is 1. The molecule has 10 nitrogen and oxygen atoms in total. The van der Waals surface area contributed by atoms with Gasteiger partial charge in [-0.25, -0.2) is 14.6 Å². The maximum atomic E-state index is 13.3. The Morgan fingerprint density at radius 3 is 2.83 bits per heavy atom. The molecule has 0 saturated carbocycles. The molecular formula is C29H29BrN8O2S. The zero-order valence-corrected chi connectivity index (χ0v) is 25.3. The molecule has 6 rings (SSSR count). The highest BCUT2D eigenvalue weighted by Gasteiger charge is 2.31. The highest BCUT2D eigenvalue weighted by molar-refractivity contribution is 9.10. The van der Waals surface area contributed by atoms with Gasteiger partial charge in [0.1, 0.15) is 12.1 Å². The minimum atomic E-state index is -0.660. The lowest BCUT2D eigenvalue weighted by Gasteiger charge is -2.18. The predicted octanol–water partition coefficient (Wildman–Crippen LogP) is 5.06. The van der Waals surface area contributed by atoms with Crippen LogP contribution < -0.4 is 5.32 Å². The van der Waals surface area contributed by atoms with Gasteiger partial charge in [-0.3, -0.25) is 9.78 Å². The van der Waals surface area contributed by atoms with E-state index in [1.165, 1.54) is 11.3 Å². The van der Waals surface area contributed by atoms with Crippen molar-refractivity contribution in [3.8, 4) is 27.5 Å². The number of aromatic nitrogens is 6. The van der Waals surface area contributed by atoms with E-state index in [1.54, 1.807) is 24.3 Å². The number of rotatable bonds is 8. The number of pyridine rings is 1. The van der Waals surface area contributed by atoms with Gasteiger partial charge in [0.2, 0.25) is 0 Å². The summed E-state index contributed by atoms with van der Waals surface area (Å²) in [4.78, 5) is 29.4. The number of carbonyl (C=O) groups is 1. The van der Waals surface area contributed by atoms with Gasteiger partial charge in [0, 0.05) is 60.0 Å². The van der Waals surface area contributed by atoms with Crippen LogP contribution >= 0.6 is 27.3 Å². The molecule has 12 heteroatoms. The molecule has 0 radical (unpaired) electrons. The topological polar surface area (TPSA) is 114 Å². The second kappa shape index (κ2) is 11.2. The van der Waals surface area contributed by atoms with Gasteiger partial charge in [-0.2, -0.15) is 5.10 Å². The smallest absolute Gasteiger partial charge is 0.254 e. The van der Waals surface area contributed by atoms with Crippen molar-refractivity contribution in [1.82, 2.24) is 34.2 Å². The molecule has 4 aromatic heterocycles. The fourth-order valence-corrected chi connectivity index (χ4v) is 6.61. The molecule has 0 aliphatic heterocycles. The normalized spacial score (nSPS) is 13.0. The van der Waals surface area contributed by atoms with Gasteiger partial charge in [0.05, 0.1) is 34.2 Å². The zero-order chi connectivity index (χ0) is 28.7. The van der Waals surface area contributed by atoms with Crippen LogP contribution in [0, 0.1) is 0 Å². The minimum absolute atomic E-state index is 0.103. The lowest BCUT2D eigenvalue weighted by Crippen LogP contribution is -2.27. The van der Waals surface area contributed by atoms with Crippen LogP contribution in [0.4, 0.5) is 5.13 Å². The van der Waals surface area contributed by atoms with Crippen LogP contribution in [0.2, 0.25) is 0 Å². The summed E-state index contributed by atoms with van der Waals surface area (Å²) in [5, 5.41) is 19.1. The SMILES string of the molecule is CCC(O)Nc1nc2c(s1)-c1c(c(-c3cccnc3)nn1-c1ccc(C(=O)N(C)Cc3nccn3C)cc1Br)CC2. The third-order valence-corrected chi connectivity index (χ3v) is 8.86. The number of aryl methyl sites for hydroxylation is 2. The van der Waals surface area contributed by atoms with Gasteiger partial charge >= 0.3 is 0 Å². The first-order valence-electron chi connectivity index (χ1n) is 13.3. The van der Waals surface area contributed by atoms with Gasteiger partial charge in [0.15, 0.2) is 5.13 Å². The minimum Gasteiger partial charge on any atom is -0.374 e. The van der Waals surface area contributed by atoms with Crippen molar-refractivity contribution in [1.29, 1.82) is 0 Å². The molecule has 0 spiro atoms. The largest absolute Gasteiger partial charge is 0.374 e. The number of nitrogens with one attached hydrogen (secondary N) is 1. The van der Waals surface area contributed by atoms with E-state index in [-0.39, 0.29) is 5.91 Å². The van der Waals surface area contributed by atoms with E-state index < -0.39 is 6.23 Å². The fourth-order valence-electron chi connectivity index (χ4n) is 4.95. The molecule has 2 N–H and O–H groups in total. The number of amides is 1. The van der Waals surface area contributed by atoms with Gasteiger partial charge in [-0.05, 0) is 65.5 Å². The molecule has 1 aliphatic rings. The number of thiazole rings is 1. The first-order valence-corrected chi connectivity index (χ1v) is 14.9. The highest BCUT2D eigenvalue weighted by atomic mass is 79.9. The number of aliphatic hydroxyl groups is 1. The molecule has 5 aromatic rings. The molecule has 1 amide bonds. The van der Waals surface area contributed by atoms with E-state index in [2.05, 4.69) is 31.2 Å². The fraction of sp³-hybridized carbons (Fsp3) is 0.276. The zero-order valence-electron chi connectivity index (χ0n) is 22.9. The van der Waals surface area contributed by atoms with E-state index in [1.807, 2.05) is 65.9 Å². The number of hydrogen-bond donors (Lipinski definition) is 2. The summed E-state index contributed by atoms with van der Waals surface area (Å²) < 4.78 is 4.58. The van der Waals surface area contributed by atoms with Crippen LogP contribution in [0.15, 0.2) is 59.6 Å². The van der Waals surface area contributed by atoms with Crippen molar-refractivity contribution in [3.63, 3.8) is 0 Å². The Balaban J connectivity index is 1.41. The summed E-state index contributed by atoms with van der Waals surface area (Å²) in [6.45, 7) is 2.32. The maximum Gasteiger partial charge on any atom is 0.254 e. The van der Waals surface area contributed by atoms with Crippen LogP contribution in [-0.2, 0) is 26.4 Å².